The molecule has 0 aliphatic rings. The molecule has 2 N–H and O–H groups in total. The van der Waals surface area contributed by atoms with Crippen LogP contribution in [0.1, 0.15) is 28.5 Å². The fourth-order valence-electron chi connectivity index (χ4n) is 1.68. The van der Waals surface area contributed by atoms with E-state index in [0.29, 0.717) is 5.56 Å². The van der Waals surface area contributed by atoms with Crippen LogP contribution in [0.5, 0.6) is 0 Å². The van der Waals surface area contributed by atoms with Crippen molar-refractivity contribution in [2.45, 2.75) is 31.4 Å². The maximum Gasteiger partial charge on any atom is 0.240 e. The molecule has 7 heteroatoms. The van der Waals surface area contributed by atoms with Gasteiger partial charge in [0.25, 0.3) is 0 Å². The molecule has 0 fully saturated rings. The molecule has 0 saturated heterocycles. The van der Waals surface area contributed by atoms with E-state index in [-0.39, 0.29) is 11.4 Å². The first-order valence-electron chi connectivity index (χ1n) is 6.07. The molecule has 1 heterocycles. The van der Waals surface area contributed by atoms with Crippen molar-refractivity contribution < 1.29 is 13.5 Å². The van der Waals surface area contributed by atoms with Crippen molar-refractivity contribution in [1.82, 2.24) is 9.71 Å². The van der Waals surface area contributed by atoms with E-state index >= 15 is 0 Å². The smallest absolute Gasteiger partial charge is 0.240 e. The highest BCUT2D eigenvalue weighted by Crippen LogP contribution is 2.18. The molecule has 108 valence electrons. The van der Waals surface area contributed by atoms with Gasteiger partial charge in [0.05, 0.1) is 16.0 Å². The number of sulfonamides is 1. The van der Waals surface area contributed by atoms with E-state index in [9.17, 15) is 13.5 Å². The zero-order chi connectivity index (χ0) is 14.8. The molecule has 1 unspecified atom stereocenters. The highest BCUT2D eigenvalue weighted by atomic mass is 32.2. The Balaban J connectivity index is 2.15. The van der Waals surface area contributed by atoms with Gasteiger partial charge in [-0.25, -0.2) is 18.1 Å². The van der Waals surface area contributed by atoms with Crippen molar-refractivity contribution in [3.8, 4) is 0 Å². The van der Waals surface area contributed by atoms with Gasteiger partial charge in [-0.3, -0.25) is 0 Å². The molecule has 0 spiro atoms. The second-order valence-electron chi connectivity index (χ2n) is 4.42. The normalized spacial score (nSPS) is 13.3. The molecule has 0 amide bonds. The molecule has 20 heavy (non-hydrogen) atoms. The highest BCUT2D eigenvalue weighted by Gasteiger charge is 2.15. The maximum absolute atomic E-state index is 12.2. The summed E-state index contributed by atoms with van der Waals surface area (Å²) in [6.45, 7) is 3.68. The summed E-state index contributed by atoms with van der Waals surface area (Å²) in [6.07, 6.45) is 0.962. The lowest BCUT2D eigenvalue weighted by molar-refractivity contribution is 0.199. The van der Waals surface area contributed by atoms with Crippen LogP contribution in [0.4, 0.5) is 0 Å². The Hall–Kier alpha value is -1.28. The fourth-order valence-corrected chi connectivity index (χ4v) is 3.57. The lowest BCUT2D eigenvalue weighted by Gasteiger charge is -2.09. The summed E-state index contributed by atoms with van der Waals surface area (Å²) in [5.41, 5.74) is 0.571. The molecule has 0 saturated carbocycles. The van der Waals surface area contributed by atoms with E-state index < -0.39 is 16.1 Å². The van der Waals surface area contributed by atoms with Gasteiger partial charge in [-0.05, 0) is 31.5 Å². The van der Waals surface area contributed by atoms with Crippen LogP contribution in [0.3, 0.4) is 0 Å². The number of nitrogens with zero attached hydrogens (tertiary/aromatic N) is 1. The van der Waals surface area contributed by atoms with Gasteiger partial charge in [0.15, 0.2) is 0 Å². The monoisotopic (exact) mass is 312 g/mol. The Morgan fingerprint density at radius 1 is 1.45 bits per heavy atom. The Morgan fingerprint density at radius 2 is 2.20 bits per heavy atom. The Morgan fingerprint density at radius 3 is 2.80 bits per heavy atom. The molecule has 2 aromatic rings. The molecule has 5 nitrogen and oxygen atoms in total. The first kappa shape index (κ1) is 15.1. The zero-order valence-corrected chi connectivity index (χ0v) is 12.8. The van der Waals surface area contributed by atoms with Crippen molar-refractivity contribution in [2.75, 3.05) is 0 Å². The van der Waals surface area contributed by atoms with Crippen LogP contribution in [-0.2, 0) is 16.6 Å². The second-order valence-corrected chi connectivity index (χ2v) is 7.50. The van der Waals surface area contributed by atoms with Gasteiger partial charge in [0, 0.05) is 17.6 Å². The van der Waals surface area contributed by atoms with Crippen LogP contribution in [0.2, 0.25) is 0 Å². The Kier molecular flexibility index (Phi) is 4.54. The van der Waals surface area contributed by atoms with Crippen LogP contribution in [0.15, 0.2) is 35.4 Å². The number of hydrogen-bond donors (Lipinski definition) is 2. The van der Waals surface area contributed by atoms with Gasteiger partial charge in [0.1, 0.15) is 0 Å². The number of aromatic nitrogens is 1. The van der Waals surface area contributed by atoms with Crippen molar-refractivity contribution in [2.24, 2.45) is 0 Å². The van der Waals surface area contributed by atoms with Crippen molar-refractivity contribution in [3.05, 3.63) is 45.9 Å². The minimum Gasteiger partial charge on any atom is -0.389 e. The number of rotatable bonds is 5. The van der Waals surface area contributed by atoms with Crippen molar-refractivity contribution >= 4 is 21.4 Å². The number of thiazole rings is 1. The average Bonchev–Trinajstić information content (AvgIpc) is 2.82. The van der Waals surface area contributed by atoms with Crippen LogP contribution in [0.25, 0.3) is 0 Å². The second kappa shape index (κ2) is 6.01. The Labute approximate surface area is 122 Å². The molecule has 1 aromatic heterocycles. The molecule has 0 radical (unpaired) electrons. The SMILES string of the molecule is Cc1ncc(CNS(=O)(=O)c2cccc(C(C)O)c2)s1. The largest absolute Gasteiger partial charge is 0.389 e. The quantitative estimate of drug-likeness (QED) is 0.885. The number of aryl methyl sites for hydroxylation is 1. The molecule has 2 rings (SSSR count). The van der Waals surface area contributed by atoms with Crippen LogP contribution >= 0.6 is 11.3 Å². The number of aliphatic hydroxyl groups is 1. The molecule has 1 atom stereocenters. The fraction of sp³-hybridized carbons (Fsp3) is 0.308. The minimum absolute atomic E-state index is 0.150. The van der Waals surface area contributed by atoms with Crippen molar-refractivity contribution in [1.29, 1.82) is 0 Å². The third-order valence-corrected chi connectivity index (χ3v) is 5.07. The summed E-state index contributed by atoms with van der Waals surface area (Å²) in [7, 11) is -3.59. The van der Waals surface area contributed by atoms with Crippen LogP contribution in [-0.4, -0.2) is 18.5 Å². The summed E-state index contributed by atoms with van der Waals surface area (Å²) in [4.78, 5) is 5.09. The van der Waals surface area contributed by atoms with Gasteiger partial charge < -0.3 is 5.11 Å². The predicted molar refractivity (Wildman–Crippen MR) is 78.0 cm³/mol. The Bertz CT molecular complexity index is 693. The first-order valence-corrected chi connectivity index (χ1v) is 8.37. The average molecular weight is 312 g/mol. The minimum atomic E-state index is -3.59. The zero-order valence-electron chi connectivity index (χ0n) is 11.2. The molecular formula is C13H16N2O3S2. The third-order valence-electron chi connectivity index (χ3n) is 2.76. The van der Waals surface area contributed by atoms with E-state index in [1.807, 2.05) is 6.92 Å². The third kappa shape index (κ3) is 3.63. The van der Waals surface area contributed by atoms with Gasteiger partial charge in [0.2, 0.25) is 10.0 Å². The van der Waals surface area contributed by atoms with E-state index in [1.54, 1.807) is 25.3 Å². The molecule has 0 aliphatic carbocycles. The van der Waals surface area contributed by atoms with Crippen molar-refractivity contribution in [3.63, 3.8) is 0 Å². The number of nitrogens with one attached hydrogen (secondary N) is 1. The van der Waals surface area contributed by atoms with E-state index in [0.717, 1.165) is 9.88 Å². The van der Waals surface area contributed by atoms with Gasteiger partial charge in [-0.15, -0.1) is 11.3 Å². The summed E-state index contributed by atoms with van der Waals surface area (Å²) in [5.74, 6) is 0. The van der Waals surface area contributed by atoms with E-state index in [2.05, 4.69) is 9.71 Å². The first-order chi connectivity index (χ1) is 9.38. The summed E-state index contributed by atoms with van der Waals surface area (Å²) in [6, 6.07) is 6.29. The van der Waals surface area contributed by atoms with E-state index in [1.165, 1.54) is 23.5 Å². The predicted octanol–water partition coefficient (Wildman–Crippen LogP) is 1.98. The lowest BCUT2D eigenvalue weighted by atomic mass is 10.1. The van der Waals surface area contributed by atoms with Gasteiger partial charge in [-0.1, -0.05) is 12.1 Å². The lowest BCUT2D eigenvalue weighted by Crippen LogP contribution is -2.23. The summed E-state index contributed by atoms with van der Waals surface area (Å²) in [5, 5.41) is 10.4. The topological polar surface area (TPSA) is 79.3 Å². The van der Waals surface area contributed by atoms with Gasteiger partial charge >= 0.3 is 0 Å². The molecule has 1 aromatic carbocycles. The number of hydrogen-bond acceptors (Lipinski definition) is 5. The summed E-state index contributed by atoms with van der Waals surface area (Å²) < 4.78 is 26.9. The molecule has 0 aliphatic heterocycles. The molecule has 0 bridgehead atoms. The van der Waals surface area contributed by atoms with E-state index in [4.69, 9.17) is 0 Å². The van der Waals surface area contributed by atoms with Crippen LogP contribution in [0, 0.1) is 6.92 Å². The van der Waals surface area contributed by atoms with Crippen LogP contribution < -0.4 is 4.72 Å². The molecular weight excluding hydrogens is 296 g/mol. The highest BCUT2D eigenvalue weighted by molar-refractivity contribution is 7.89. The number of benzene rings is 1. The summed E-state index contributed by atoms with van der Waals surface area (Å²) >= 11 is 1.45. The standard InChI is InChI=1S/C13H16N2O3S2/c1-9(16)11-4-3-5-13(6-11)20(17,18)15-8-12-7-14-10(2)19-12/h3-7,9,15-16H,8H2,1-2H3. The number of aliphatic hydroxyl groups excluding tert-OH is 1. The van der Waals surface area contributed by atoms with Gasteiger partial charge in [-0.2, -0.15) is 0 Å². The maximum atomic E-state index is 12.2.